The molecule has 1 aromatic carbocycles. The standard InChI is InChI=1S/C12H16ClNO2S/c1-4-17-9-6-5-8(13)10(11(9)14)12(15)16-7(2)3/h5-7H,4,14H2,1-3H3. The third-order valence-corrected chi connectivity index (χ3v) is 3.27. The Kier molecular flexibility index (Phi) is 5.15. The minimum absolute atomic E-state index is 0.194. The van der Waals surface area contributed by atoms with Gasteiger partial charge in [-0.15, -0.1) is 11.8 Å². The lowest BCUT2D eigenvalue weighted by molar-refractivity contribution is 0.0379. The number of nitrogen functional groups attached to an aromatic ring is 1. The number of anilines is 1. The van der Waals surface area contributed by atoms with Gasteiger partial charge in [-0.3, -0.25) is 0 Å². The average Bonchev–Trinajstić information content (AvgIpc) is 2.21. The van der Waals surface area contributed by atoms with E-state index in [4.69, 9.17) is 22.1 Å². The van der Waals surface area contributed by atoms with Gasteiger partial charge < -0.3 is 10.5 Å². The Labute approximate surface area is 111 Å². The van der Waals surface area contributed by atoms with Crippen LogP contribution in [0.1, 0.15) is 31.1 Å². The van der Waals surface area contributed by atoms with Crippen LogP contribution < -0.4 is 5.73 Å². The van der Waals surface area contributed by atoms with E-state index in [-0.39, 0.29) is 11.7 Å². The van der Waals surface area contributed by atoms with Gasteiger partial charge in [-0.1, -0.05) is 18.5 Å². The molecule has 0 bridgehead atoms. The number of thioether (sulfide) groups is 1. The first-order valence-corrected chi connectivity index (χ1v) is 6.75. The van der Waals surface area contributed by atoms with Gasteiger partial charge in [-0.25, -0.2) is 4.79 Å². The molecule has 94 valence electrons. The molecule has 17 heavy (non-hydrogen) atoms. The van der Waals surface area contributed by atoms with Gasteiger partial charge in [-0.2, -0.15) is 0 Å². The highest BCUT2D eigenvalue weighted by Crippen LogP contribution is 2.33. The van der Waals surface area contributed by atoms with Gasteiger partial charge in [0.1, 0.15) is 5.56 Å². The zero-order chi connectivity index (χ0) is 13.0. The van der Waals surface area contributed by atoms with Crippen molar-refractivity contribution in [2.75, 3.05) is 11.5 Å². The fourth-order valence-corrected chi connectivity index (χ4v) is 2.31. The van der Waals surface area contributed by atoms with Crippen LogP contribution in [0.15, 0.2) is 17.0 Å². The number of halogens is 1. The van der Waals surface area contributed by atoms with Gasteiger partial charge >= 0.3 is 5.97 Å². The Morgan fingerprint density at radius 3 is 2.71 bits per heavy atom. The molecular formula is C12H16ClNO2S. The van der Waals surface area contributed by atoms with Crippen molar-refractivity contribution in [3.63, 3.8) is 0 Å². The van der Waals surface area contributed by atoms with Crippen LogP contribution in [0, 0.1) is 0 Å². The van der Waals surface area contributed by atoms with Gasteiger partial charge in [0.05, 0.1) is 16.8 Å². The predicted molar refractivity (Wildman–Crippen MR) is 72.8 cm³/mol. The van der Waals surface area contributed by atoms with E-state index < -0.39 is 5.97 Å². The normalized spacial score (nSPS) is 10.6. The molecule has 0 spiro atoms. The van der Waals surface area contributed by atoms with E-state index in [2.05, 4.69) is 0 Å². The molecule has 0 radical (unpaired) electrons. The Morgan fingerprint density at radius 1 is 1.53 bits per heavy atom. The van der Waals surface area contributed by atoms with Crippen molar-refractivity contribution >= 4 is 35.0 Å². The molecule has 1 rings (SSSR count). The molecule has 0 saturated carbocycles. The quantitative estimate of drug-likeness (QED) is 0.517. The molecule has 0 saturated heterocycles. The van der Waals surface area contributed by atoms with E-state index in [9.17, 15) is 4.79 Å². The maximum atomic E-state index is 11.9. The van der Waals surface area contributed by atoms with Crippen molar-refractivity contribution in [3.8, 4) is 0 Å². The number of hydrogen-bond acceptors (Lipinski definition) is 4. The van der Waals surface area contributed by atoms with Crippen molar-refractivity contribution < 1.29 is 9.53 Å². The van der Waals surface area contributed by atoms with Crippen LogP contribution in [0.2, 0.25) is 5.02 Å². The summed E-state index contributed by atoms with van der Waals surface area (Å²) in [6.45, 7) is 5.59. The van der Waals surface area contributed by atoms with Crippen LogP contribution >= 0.6 is 23.4 Å². The van der Waals surface area contributed by atoms with Gasteiger partial charge in [0.25, 0.3) is 0 Å². The first kappa shape index (κ1) is 14.2. The van der Waals surface area contributed by atoms with Gasteiger partial charge in [0.2, 0.25) is 0 Å². The lowest BCUT2D eigenvalue weighted by atomic mass is 10.2. The van der Waals surface area contributed by atoms with Crippen molar-refractivity contribution in [2.24, 2.45) is 0 Å². The van der Waals surface area contributed by atoms with Gasteiger partial charge in [0.15, 0.2) is 0 Å². The molecule has 0 unspecified atom stereocenters. The topological polar surface area (TPSA) is 52.3 Å². The number of rotatable bonds is 4. The Morgan fingerprint density at radius 2 is 2.18 bits per heavy atom. The fourth-order valence-electron chi connectivity index (χ4n) is 1.34. The smallest absolute Gasteiger partial charge is 0.342 e. The van der Waals surface area contributed by atoms with E-state index in [1.54, 1.807) is 31.7 Å². The number of nitrogens with two attached hydrogens (primary N) is 1. The summed E-state index contributed by atoms with van der Waals surface area (Å²) in [6, 6.07) is 3.49. The molecule has 5 heteroatoms. The predicted octanol–water partition coefficient (Wildman–Crippen LogP) is 3.60. The van der Waals surface area contributed by atoms with Gasteiger partial charge in [0, 0.05) is 4.90 Å². The summed E-state index contributed by atoms with van der Waals surface area (Å²) in [5, 5.41) is 0.327. The lowest BCUT2D eigenvalue weighted by Gasteiger charge is -2.13. The van der Waals surface area contributed by atoms with E-state index in [0.717, 1.165) is 10.6 Å². The molecule has 0 fully saturated rings. The highest BCUT2D eigenvalue weighted by Gasteiger charge is 2.19. The van der Waals surface area contributed by atoms with E-state index >= 15 is 0 Å². The lowest BCUT2D eigenvalue weighted by Crippen LogP contribution is -2.14. The summed E-state index contributed by atoms with van der Waals surface area (Å²) < 4.78 is 5.12. The van der Waals surface area contributed by atoms with E-state index in [0.29, 0.717) is 10.7 Å². The summed E-state index contributed by atoms with van der Waals surface area (Å²) in [7, 11) is 0. The summed E-state index contributed by atoms with van der Waals surface area (Å²) in [6.07, 6.45) is -0.194. The molecule has 0 atom stereocenters. The SMILES string of the molecule is CCSc1ccc(Cl)c(C(=O)OC(C)C)c1N. The Hall–Kier alpha value is -0.870. The number of esters is 1. The first-order valence-electron chi connectivity index (χ1n) is 5.39. The number of carbonyl (C=O) groups excluding carboxylic acids is 1. The molecule has 3 nitrogen and oxygen atoms in total. The monoisotopic (exact) mass is 273 g/mol. The molecule has 1 aromatic rings. The maximum absolute atomic E-state index is 11.9. The van der Waals surface area contributed by atoms with Crippen LogP contribution in [0.5, 0.6) is 0 Å². The highest BCUT2D eigenvalue weighted by molar-refractivity contribution is 7.99. The Bertz CT molecular complexity index is 421. The zero-order valence-electron chi connectivity index (χ0n) is 10.1. The largest absolute Gasteiger partial charge is 0.459 e. The number of ether oxygens (including phenoxy) is 1. The summed E-state index contributed by atoms with van der Waals surface area (Å²) in [5.41, 5.74) is 6.60. The highest BCUT2D eigenvalue weighted by atomic mass is 35.5. The maximum Gasteiger partial charge on any atom is 0.342 e. The Balaban J connectivity index is 3.13. The number of hydrogen-bond donors (Lipinski definition) is 1. The summed E-state index contributed by atoms with van der Waals surface area (Å²) in [4.78, 5) is 12.7. The van der Waals surface area contributed by atoms with Crippen LogP contribution in [0.25, 0.3) is 0 Å². The average molecular weight is 274 g/mol. The summed E-state index contributed by atoms with van der Waals surface area (Å²) >= 11 is 7.56. The number of carbonyl (C=O) groups is 1. The van der Waals surface area contributed by atoms with Gasteiger partial charge in [-0.05, 0) is 31.7 Å². The molecule has 0 aliphatic carbocycles. The molecule has 0 aromatic heterocycles. The second-order valence-corrected chi connectivity index (χ2v) is 5.43. The molecule has 0 amide bonds. The van der Waals surface area contributed by atoms with Crippen molar-refractivity contribution in [1.29, 1.82) is 0 Å². The van der Waals surface area contributed by atoms with Crippen molar-refractivity contribution in [1.82, 2.24) is 0 Å². The number of benzene rings is 1. The zero-order valence-corrected chi connectivity index (χ0v) is 11.7. The van der Waals surface area contributed by atoms with Crippen LogP contribution in [0.4, 0.5) is 5.69 Å². The van der Waals surface area contributed by atoms with E-state index in [1.165, 1.54) is 0 Å². The second-order valence-electron chi connectivity index (χ2n) is 3.72. The minimum Gasteiger partial charge on any atom is -0.459 e. The molecule has 0 heterocycles. The third kappa shape index (κ3) is 3.54. The second kappa shape index (κ2) is 6.17. The summed E-state index contributed by atoms with van der Waals surface area (Å²) in [5.74, 6) is 0.408. The molecule has 0 aliphatic rings. The van der Waals surface area contributed by atoms with Crippen LogP contribution in [0.3, 0.4) is 0 Å². The molecule has 0 aliphatic heterocycles. The third-order valence-electron chi connectivity index (χ3n) is 2.00. The fraction of sp³-hybridized carbons (Fsp3) is 0.417. The minimum atomic E-state index is -0.471. The van der Waals surface area contributed by atoms with E-state index in [1.807, 2.05) is 13.0 Å². The first-order chi connectivity index (χ1) is 7.97. The molecular weight excluding hydrogens is 258 g/mol. The van der Waals surface area contributed by atoms with Crippen LogP contribution in [-0.2, 0) is 4.74 Å². The van der Waals surface area contributed by atoms with Crippen LogP contribution in [-0.4, -0.2) is 17.8 Å². The molecule has 2 N–H and O–H groups in total. The van der Waals surface area contributed by atoms with Crippen molar-refractivity contribution in [3.05, 3.63) is 22.7 Å². The van der Waals surface area contributed by atoms with Crippen molar-refractivity contribution in [2.45, 2.75) is 31.8 Å².